The maximum absolute atomic E-state index is 10.3. The van der Waals surface area contributed by atoms with Gasteiger partial charge in [0.05, 0.1) is 13.2 Å². The summed E-state index contributed by atoms with van der Waals surface area (Å²) in [6.07, 6.45) is 3.04. The molecule has 16 heavy (non-hydrogen) atoms. The molecule has 90 valence electrons. The largest absolute Gasteiger partial charge is 0.463 e. The Morgan fingerprint density at radius 2 is 1.75 bits per heavy atom. The molecular weight excluding hydrogens is 208 g/mol. The summed E-state index contributed by atoms with van der Waals surface area (Å²) in [6.45, 7) is 7.74. The molecule has 0 aliphatic rings. The monoisotopic (exact) mass is 226 g/mol. The summed E-state index contributed by atoms with van der Waals surface area (Å²) < 4.78 is 9.03. The number of carbonyl (C=O) groups excluding carboxylic acids is 2. The van der Waals surface area contributed by atoms with Crippen LogP contribution in [-0.4, -0.2) is 25.2 Å². The molecule has 0 rings (SSSR count). The molecule has 4 heteroatoms. The minimum Gasteiger partial charge on any atom is -0.463 e. The van der Waals surface area contributed by atoms with E-state index in [1.165, 1.54) is 6.08 Å². The average molecular weight is 226 g/mol. The molecule has 0 spiro atoms. The summed E-state index contributed by atoms with van der Waals surface area (Å²) in [6, 6.07) is 0. The van der Waals surface area contributed by atoms with Gasteiger partial charge in [0.2, 0.25) is 0 Å². The lowest BCUT2D eigenvalue weighted by atomic mass is 10.5. The fourth-order valence-electron chi connectivity index (χ4n) is 0.596. The van der Waals surface area contributed by atoms with Crippen molar-refractivity contribution in [2.45, 2.75) is 27.7 Å². The van der Waals surface area contributed by atoms with Crippen molar-refractivity contribution in [3.05, 3.63) is 12.2 Å². The maximum atomic E-state index is 10.3. The van der Waals surface area contributed by atoms with Gasteiger partial charge in [-0.05, 0) is 27.7 Å². The quantitative estimate of drug-likeness (QED) is 0.318. The van der Waals surface area contributed by atoms with Crippen LogP contribution in [0.4, 0.5) is 0 Å². The minimum atomic E-state index is -0.449. The van der Waals surface area contributed by atoms with Crippen LogP contribution in [0.3, 0.4) is 0 Å². The van der Waals surface area contributed by atoms with E-state index in [1.807, 2.05) is 0 Å². The summed E-state index contributed by atoms with van der Waals surface area (Å²) in [5.74, 6) is 3.95. The zero-order chi connectivity index (χ0) is 12.8. The van der Waals surface area contributed by atoms with Crippen molar-refractivity contribution < 1.29 is 19.1 Å². The molecule has 0 aliphatic carbocycles. The van der Waals surface area contributed by atoms with Crippen LogP contribution in [0.1, 0.15) is 27.7 Å². The van der Waals surface area contributed by atoms with Gasteiger partial charge in [0.1, 0.15) is 0 Å². The highest BCUT2D eigenvalue weighted by Gasteiger charge is 1.89. The van der Waals surface area contributed by atoms with Crippen molar-refractivity contribution in [3.8, 4) is 11.8 Å². The highest BCUT2D eigenvalue weighted by Crippen LogP contribution is 1.78. The van der Waals surface area contributed by atoms with Gasteiger partial charge in [-0.25, -0.2) is 9.59 Å². The molecule has 0 bridgehead atoms. The maximum Gasteiger partial charge on any atom is 0.384 e. The van der Waals surface area contributed by atoms with Crippen LogP contribution in [0.5, 0.6) is 0 Å². The van der Waals surface area contributed by atoms with Gasteiger partial charge in [0.15, 0.2) is 0 Å². The first-order valence-electron chi connectivity index (χ1n) is 5.01. The Morgan fingerprint density at radius 1 is 1.19 bits per heavy atom. The molecule has 0 saturated carbocycles. The Labute approximate surface area is 96.6 Å². The predicted molar refractivity (Wildman–Crippen MR) is 61.5 cm³/mol. The third-order valence-corrected chi connectivity index (χ3v) is 1.09. The van der Waals surface area contributed by atoms with Crippen molar-refractivity contribution in [3.63, 3.8) is 0 Å². The van der Waals surface area contributed by atoms with Crippen molar-refractivity contribution in [2.75, 3.05) is 13.2 Å². The van der Waals surface area contributed by atoms with E-state index >= 15 is 0 Å². The van der Waals surface area contributed by atoms with Gasteiger partial charge in [-0.2, -0.15) is 0 Å². The summed E-state index contributed by atoms with van der Waals surface area (Å²) in [4.78, 5) is 20.6. The van der Waals surface area contributed by atoms with Crippen LogP contribution in [0.15, 0.2) is 12.2 Å². The predicted octanol–water partition coefficient (Wildman–Crippen LogP) is 1.70. The second-order valence-electron chi connectivity index (χ2n) is 2.35. The Balaban J connectivity index is 0. The lowest BCUT2D eigenvalue weighted by Crippen LogP contribution is -1.98. The van der Waals surface area contributed by atoms with Crippen LogP contribution in [0.25, 0.3) is 0 Å². The van der Waals surface area contributed by atoms with Crippen molar-refractivity contribution in [1.29, 1.82) is 0 Å². The van der Waals surface area contributed by atoms with Crippen LogP contribution < -0.4 is 0 Å². The van der Waals surface area contributed by atoms with E-state index in [0.29, 0.717) is 13.2 Å². The molecule has 0 radical (unpaired) electrons. The van der Waals surface area contributed by atoms with Gasteiger partial charge in [0, 0.05) is 12.0 Å². The smallest absolute Gasteiger partial charge is 0.384 e. The van der Waals surface area contributed by atoms with Gasteiger partial charge in [-0.3, -0.25) is 0 Å². The van der Waals surface area contributed by atoms with E-state index in [0.717, 1.165) is 0 Å². The highest BCUT2D eigenvalue weighted by molar-refractivity contribution is 5.88. The molecule has 0 unspecified atom stereocenters. The first-order chi connectivity index (χ1) is 7.62. The first-order valence-corrected chi connectivity index (χ1v) is 5.01. The second kappa shape index (κ2) is 13.2. The van der Waals surface area contributed by atoms with Crippen LogP contribution in [-0.2, 0) is 19.1 Å². The van der Waals surface area contributed by atoms with Crippen molar-refractivity contribution in [1.82, 2.24) is 0 Å². The van der Waals surface area contributed by atoms with E-state index in [2.05, 4.69) is 21.3 Å². The number of esters is 2. The number of rotatable bonds is 3. The molecule has 0 aromatic rings. The zero-order valence-electron chi connectivity index (χ0n) is 10.2. The van der Waals surface area contributed by atoms with Gasteiger partial charge in [0.25, 0.3) is 0 Å². The summed E-state index contributed by atoms with van der Waals surface area (Å²) in [7, 11) is 0. The molecular formula is C12H18O4. The van der Waals surface area contributed by atoms with Crippen molar-refractivity contribution >= 4 is 11.9 Å². The van der Waals surface area contributed by atoms with E-state index in [-0.39, 0.29) is 5.97 Å². The first kappa shape index (κ1) is 16.7. The SMILES string of the molecule is C/C=C\C(=O)OCC.CC#CC(=O)OCC. The third kappa shape index (κ3) is 14.7. The Morgan fingerprint density at radius 3 is 2.12 bits per heavy atom. The Hall–Kier alpha value is -1.76. The second-order valence-corrected chi connectivity index (χ2v) is 2.35. The number of hydrogen-bond acceptors (Lipinski definition) is 4. The summed E-state index contributed by atoms with van der Waals surface area (Å²) >= 11 is 0. The minimum absolute atomic E-state index is 0.269. The number of carbonyl (C=O) groups is 2. The molecule has 0 amide bonds. The fraction of sp³-hybridized carbons (Fsp3) is 0.500. The zero-order valence-corrected chi connectivity index (χ0v) is 10.2. The molecule has 0 saturated heterocycles. The molecule has 4 nitrogen and oxygen atoms in total. The van der Waals surface area contributed by atoms with E-state index < -0.39 is 5.97 Å². The molecule has 0 fully saturated rings. The van der Waals surface area contributed by atoms with E-state index in [4.69, 9.17) is 0 Å². The van der Waals surface area contributed by atoms with Gasteiger partial charge in [-0.1, -0.05) is 12.0 Å². The van der Waals surface area contributed by atoms with Gasteiger partial charge < -0.3 is 9.47 Å². The number of hydrogen-bond donors (Lipinski definition) is 0. The normalized spacial score (nSPS) is 8.25. The lowest BCUT2D eigenvalue weighted by molar-refractivity contribution is -0.137. The Kier molecular flexibility index (Phi) is 13.8. The Bertz CT molecular complexity index is 281. The molecule has 0 aliphatic heterocycles. The van der Waals surface area contributed by atoms with Crippen LogP contribution in [0.2, 0.25) is 0 Å². The van der Waals surface area contributed by atoms with Gasteiger partial charge >= 0.3 is 11.9 Å². The van der Waals surface area contributed by atoms with E-state index in [9.17, 15) is 9.59 Å². The average Bonchev–Trinajstić information content (AvgIpc) is 2.20. The van der Waals surface area contributed by atoms with E-state index in [1.54, 1.807) is 33.8 Å². The standard InChI is InChI=1S/C6H10O2.C6H8O2/c2*1-3-5-6(7)8-4-2/h3,5H,4H2,1-2H3;4H2,1-2H3/b5-3-;. The molecule has 0 aromatic heterocycles. The lowest BCUT2D eigenvalue weighted by Gasteiger charge is -1.91. The number of allylic oxidation sites excluding steroid dienone is 1. The molecule has 0 aromatic carbocycles. The van der Waals surface area contributed by atoms with Crippen LogP contribution >= 0.6 is 0 Å². The third-order valence-electron chi connectivity index (χ3n) is 1.09. The molecule has 0 heterocycles. The fourth-order valence-corrected chi connectivity index (χ4v) is 0.596. The van der Waals surface area contributed by atoms with Crippen LogP contribution in [0, 0.1) is 11.8 Å². The topological polar surface area (TPSA) is 52.6 Å². The summed E-state index contributed by atoms with van der Waals surface area (Å²) in [5.41, 5.74) is 0. The number of ether oxygens (including phenoxy) is 2. The highest BCUT2D eigenvalue weighted by atomic mass is 16.5. The van der Waals surface area contributed by atoms with Gasteiger partial charge in [-0.15, -0.1) is 0 Å². The molecule has 0 N–H and O–H groups in total. The molecule has 0 atom stereocenters. The summed E-state index contributed by atoms with van der Waals surface area (Å²) in [5, 5.41) is 0. The van der Waals surface area contributed by atoms with Crippen molar-refractivity contribution in [2.24, 2.45) is 0 Å².